The van der Waals surface area contributed by atoms with Crippen LogP contribution in [0.5, 0.6) is 0 Å². The Bertz CT molecular complexity index is 1860. The van der Waals surface area contributed by atoms with Gasteiger partial charge in [0.25, 0.3) is 0 Å². The highest BCUT2D eigenvalue weighted by Crippen LogP contribution is 2.53. The van der Waals surface area contributed by atoms with Gasteiger partial charge in [-0.05, 0) is 112 Å². The number of nitrogens with one attached hydrogen (secondary N) is 1. The molecule has 0 spiro atoms. The number of hydrogen-bond donors (Lipinski definition) is 1. The Hall–Kier alpha value is -3.95. The molecule has 0 radical (unpaired) electrons. The fourth-order valence-corrected chi connectivity index (χ4v) is 7.96. The predicted octanol–water partition coefficient (Wildman–Crippen LogP) is 10.8. The third kappa shape index (κ3) is 4.25. The molecule has 3 heteroatoms. The highest BCUT2D eigenvalue weighted by atomic mass is 32.2. The molecule has 2 nitrogen and oxygen atoms in total. The van der Waals surface area contributed by atoms with Gasteiger partial charge in [0.15, 0.2) is 0 Å². The summed E-state index contributed by atoms with van der Waals surface area (Å²) < 4.78 is 0. The van der Waals surface area contributed by atoms with Crippen molar-refractivity contribution in [3.05, 3.63) is 114 Å². The van der Waals surface area contributed by atoms with Crippen LogP contribution in [0.1, 0.15) is 43.9 Å². The topological polar surface area (TPSA) is 15.3 Å². The van der Waals surface area contributed by atoms with E-state index in [1.807, 2.05) is 11.8 Å². The highest BCUT2D eigenvalue weighted by molar-refractivity contribution is 7.99. The van der Waals surface area contributed by atoms with Gasteiger partial charge in [0.05, 0.1) is 11.4 Å². The zero-order valence-corrected chi connectivity index (χ0v) is 25.4. The first-order valence-electron chi connectivity index (χ1n) is 15.3. The van der Waals surface area contributed by atoms with E-state index in [-0.39, 0.29) is 5.41 Å². The van der Waals surface area contributed by atoms with Crippen molar-refractivity contribution in [1.82, 2.24) is 0 Å². The van der Waals surface area contributed by atoms with Crippen molar-refractivity contribution in [1.29, 1.82) is 0 Å². The van der Waals surface area contributed by atoms with E-state index in [2.05, 4.69) is 128 Å². The minimum atomic E-state index is 0.0625. The van der Waals surface area contributed by atoms with Crippen molar-refractivity contribution >= 4 is 34.5 Å². The number of aryl methyl sites for hydroxylation is 2. The minimum absolute atomic E-state index is 0.0625. The van der Waals surface area contributed by atoms with Crippen molar-refractivity contribution < 1.29 is 0 Å². The molecule has 0 amide bonds. The molecule has 0 aliphatic carbocycles. The zero-order valence-electron chi connectivity index (χ0n) is 24.6. The van der Waals surface area contributed by atoms with Crippen LogP contribution in [-0.2, 0) is 18.3 Å². The lowest BCUT2D eigenvalue weighted by molar-refractivity contribution is 0.590. The van der Waals surface area contributed by atoms with E-state index in [1.54, 1.807) is 0 Å². The molecule has 5 aromatic rings. The molecule has 3 aliphatic heterocycles. The predicted molar refractivity (Wildman–Crippen MR) is 181 cm³/mol. The number of benzene rings is 5. The van der Waals surface area contributed by atoms with Gasteiger partial charge in [-0.1, -0.05) is 69.3 Å². The van der Waals surface area contributed by atoms with E-state index >= 15 is 0 Å². The summed E-state index contributed by atoms with van der Waals surface area (Å²) in [6.07, 6.45) is 3.46. The molecule has 0 fully saturated rings. The smallest absolute Gasteiger partial charge is 0.0544 e. The van der Waals surface area contributed by atoms with Crippen molar-refractivity contribution in [3.8, 4) is 33.4 Å². The molecular weight excluding hydrogens is 529 g/mol. The van der Waals surface area contributed by atoms with E-state index in [4.69, 9.17) is 0 Å². The van der Waals surface area contributed by atoms with E-state index in [9.17, 15) is 0 Å². The van der Waals surface area contributed by atoms with Crippen molar-refractivity contribution in [2.45, 2.75) is 50.3 Å². The summed E-state index contributed by atoms with van der Waals surface area (Å²) in [5, 5.41) is 3.57. The molecule has 1 N–H and O–H groups in total. The maximum absolute atomic E-state index is 3.57. The molecule has 0 saturated heterocycles. The Morgan fingerprint density at radius 2 is 1.48 bits per heavy atom. The van der Waals surface area contributed by atoms with Crippen LogP contribution >= 0.6 is 11.8 Å². The van der Waals surface area contributed by atoms with Gasteiger partial charge in [-0.2, -0.15) is 0 Å². The Morgan fingerprint density at radius 3 is 2.31 bits per heavy atom. The van der Waals surface area contributed by atoms with Crippen LogP contribution in [0.2, 0.25) is 0 Å². The number of hydrogen-bond acceptors (Lipinski definition) is 3. The van der Waals surface area contributed by atoms with Crippen LogP contribution in [0.25, 0.3) is 33.4 Å². The largest absolute Gasteiger partial charge is 0.385 e. The SMILES string of the molecule is CC(C)(C)c1ccc2c(c1)-c1ccccc1-c1cc3c(cc1N2c1cccc(-c2ccc4c(c2)CCCN4)c1)CCS3. The number of nitrogens with zero attached hydrogens (tertiary/aromatic N) is 1. The van der Waals surface area contributed by atoms with Gasteiger partial charge in [0.2, 0.25) is 0 Å². The van der Waals surface area contributed by atoms with Gasteiger partial charge in [0, 0.05) is 39.7 Å². The fraction of sp³-hybridized carbons (Fsp3) is 0.231. The second kappa shape index (κ2) is 9.81. The first kappa shape index (κ1) is 25.7. The maximum Gasteiger partial charge on any atom is 0.0544 e. The third-order valence-electron chi connectivity index (χ3n) is 9.14. The lowest BCUT2D eigenvalue weighted by atomic mass is 9.84. The van der Waals surface area contributed by atoms with E-state index < -0.39 is 0 Å². The Labute approximate surface area is 253 Å². The maximum atomic E-state index is 3.57. The van der Waals surface area contributed by atoms with Crippen molar-refractivity contribution in [2.75, 3.05) is 22.5 Å². The number of thioether (sulfide) groups is 1. The van der Waals surface area contributed by atoms with Crippen LogP contribution in [0, 0.1) is 0 Å². The van der Waals surface area contributed by atoms with Crippen LogP contribution in [0.3, 0.4) is 0 Å². The average Bonchev–Trinajstić information content (AvgIpc) is 3.44. The zero-order chi connectivity index (χ0) is 28.4. The second-order valence-corrected chi connectivity index (χ2v) is 14.0. The van der Waals surface area contributed by atoms with Gasteiger partial charge < -0.3 is 10.2 Å². The Kier molecular flexibility index (Phi) is 6.01. The molecule has 3 aliphatic rings. The van der Waals surface area contributed by atoms with Crippen LogP contribution in [0.15, 0.2) is 102 Å². The van der Waals surface area contributed by atoms with Crippen molar-refractivity contribution in [3.63, 3.8) is 0 Å². The van der Waals surface area contributed by atoms with Gasteiger partial charge >= 0.3 is 0 Å². The summed E-state index contributed by atoms with van der Waals surface area (Å²) >= 11 is 2.00. The molecule has 8 rings (SSSR count). The molecule has 0 saturated carbocycles. The molecule has 208 valence electrons. The molecule has 0 aromatic heterocycles. The Morgan fingerprint density at radius 1 is 0.667 bits per heavy atom. The summed E-state index contributed by atoms with van der Waals surface area (Å²) in [5.74, 6) is 1.16. The second-order valence-electron chi connectivity index (χ2n) is 12.9. The quantitative estimate of drug-likeness (QED) is 0.225. The number of rotatable bonds is 2. The first-order chi connectivity index (χ1) is 20.4. The van der Waals surface area contributed by atoms with Crippen LogP contribution in [0.4, 0.5) is 22.7 Å². The number of anilines is 4. The van der Waals surface area contributed by atoms with E-state index in [1.165, 1.54) is 84.1 Å². The molecule has 3 heterocycles. The monoisotopic (exact) mass is 564 g/mol. The summed E-state index contributed by atoms with van der Waals surface area (Å²) in [6, 6.07) is 37.2. The highest BCUT2D eigenvalue weighted by Gasteiger charge is 2.29. The minimum Gasteiger partial charge on any atom is -0.385 e. The molecule has 5 aromatic carbocycles. The van der Waals surface area contributed by atoms with E-state index in [0.717, 1.165) is 25.1 Å². The summed E-state index contributed by atoms with van der Waals surface area (Å²) in [5.41, 5.74) is 17.1. The number of fused-ring (bicyclic) bond motifs is 7. The molecular formula is C39H36N2S. The van der Waals surface area contributed by atoms with Gasteiger partial charge in [-0.15, -0.1) is 11.8 Å². The molecule has 42 heavy (non-hydrogen) atoms. The lowest BCUT2D eigenvalue weighted by Crippen LogP contribution is -2.14. The lowest BCUT2D eigenvalue weighted by Gasteiger charge is -2.29. The van der Waals surface area contributed by atoms with Gasteiger partial charge in [0.1, 0.15) is 0 Å². The normalized spacial score (nSPS) is 15.1. The molecule has 0 unspecified atom stereocenters. The molecule has 0 atom stereocenters. The summed E-state index contributed by atoms with van der Waals surface area (Å²) in [6.45, 7) is 7.99. The van der Waals surface area contributed by atoms with Crippen molar-refractivity contribution in [2.24, 2.45) is 0 Å². The van der Waals surface area contributed by atoms with Crippen LogP contribution < -0.4 is 10.2 Å². The Balaban J connectivity index is 1.37. The standard InChI is InChI=1S/C39H36N2S/c1-39(2,3)29-14-16-36-33(23-29)31-11-4-5-12-32(31)34-24-38-28(17-19-42-38)22-37(34)41(36)30-10-6-8-25(21-30)26-13-15-35-27(20-26)9-7-18-40-35/h4-6,8,10-16,20-24,40H,7,9,17-19H2,1-3H3. The van der Waals surface area contributed by atoms with E-state index in [0.29, 0.717) is 0 Å². The van der Waals surface area contributed by atoms with Gasteiger partial charge in [-0.3, -0.25) is 0 Å². The first-order valence-corrected chi connectivity index (χ1v) is 16.2. The summed E-state index contributed by atoms with van der Waals surface area (Å²) in [7, 11) is 0. The molecule has 0 bridgehead atoms. The fourth-order valence-electron chi connectivity index (χ4n) is 6.87. The summed E-state index contributed by atoms with van der Waals surface area (Å²) in [4.78, 5) is 3.96. The van der Waals surface area contributed by atoms with Crippen LogP contribution in [-0.4, -0.2) is 12.3 Å². The third-order valence-corrected chi connectivity index (χ3v) is 10.2. The average molecular weight is 565 g/mol. The van der Waals surface area contributed by atoms with Gasteiger partial charge in [-0.25, -0.2) is 0 Å².